The highest BCUT2D eigenvalue weighted by atomic mass is 32.3. The number of amides is 2. The normalized spacial score (nSPS) is 12.5. The number of carbonyl (C=O) groups excluding carboxylic acids is 1. The van der Waals surface area contributed by atoms with Gasteiger partial charge in [-0.3, -0.25) is 0 Å². The van der Waals surface area contributed by atoms with Crippen LogP contribution in [0.4, 0.5) is 46.4 Å². The van der Waals surface area contributed by atoms with Crippen molar-refractivity contribution in [3.05, 3.63) is 53.6 Å². The highest BCUT2D eigenvalue weighted by molar-refractivity contribution is 7.86. The number of anilines is 2. The van der Waals surface area contributed by atoms with Crippen molar-refractivity contribution < 1.29 is 43.4 Å². The predicted octanol–water partition coefficient (Wildman–Crippen LogP) is 5.03. The summed E-state index contributed by atoms with van der Waals surface area (Å²) in [6.45, 7) is 0. The fourth-order valence-electron chi connectivity index (χ4n) is 2.02. The van der Waals surface area contributed by atoms with Crippen molar-refractivity contribution in [2.75, 3.05) is 10.6 Å². The molecular weight excluding hydrogens is 421 g/mol. The minimum atomic E-state index is -5.08. The van der Waals surface area contributed by atoms with Gasteiger partial charge in [-0.15, -0.1) is 3.89 Å². The highest BCUT2D eigenvalue weighted by Crippen LogP contribution is 2.37. The van der Waals surface area contributed by atoms with Crippen molar-refractivity contribution in [1.29, 1.82) is 0 Å². The smallest absolute Gasteiger partial charge is 0.308 e. The van der Waals surface area contributed by atoms with Crippen molar-refractivity contribution in [2.24, 2.45) is 0 Å². The van der Waals surface area contributed by atoms with Crippen LogP contribution in [-0.2, 0) is 22.6 Å². The van der Waals surface area contributed by atoms with Crippen molar-refractivity contribution in [2.45, 2.75) is 17.2 Å². The lowest BCUT2D eigenvalue weighted by molar-refractivity contribution is -0.143. The SMILES string of the molecule is O=C(Nc1ccc(S(=O)(=O)F)cc1)Nc1cc(C(F)(F)F)cc(C(F)(F)F)c1. The van der Waals surface area contributed by atoms with E-state index < -0.39 is 50.3 Å². The molecular formula is C15H9F7N2O3S. The second-order valence-corrected chi connectivity index (χ2v) is 6.68. The fourth-order valence-corrected chi connectivity index (χ4v) is 2.48. The zero-order valence-electron chi connectivity index (χ0n) is 13.3. The molecule has 0 aliphatic carbocycles. The van der Waals surface area contributed by atoms with Gasteiger partial charge in [0.05, 0.1) is 16.0 Å². The number of rotatable bonds is 3. The summed E-state index contributed by atoms with van der Waals surface area (Å²) in [6.07, 6.45) is -10.2. The summed E-state index contributed by atoms with van der Waals surface area (Å²) in [5.74, 6) is 0. The number of halogens is 7. The first-order chi connectivity index (χ1) is 12.7. The molecule has 0 aliphatic heterocycles. The number of urea groups is 1. The van der Waals surface area contributed by atoms with E-state index in [-0.39, 0.29) is 11.8 Å². The topological polar surface area (TPSA) is 75.3 Å². The van der Waals surface area contributed by atoms with Crippen LogP contribution >= 0.6 is 0 Å². The molecule has 0 fully saturated rings. The molecule has 0 saturated carbocycles. The van der Waals surface area contributed by atoms with Crippen LogP contribution < -0.4 is 10.6 Å². The summed E-state index contributed by atoms with van der Waals surface area (Å²) in [7, 11) is -4.98. The number of carbonyl (C=O) groups is 1. The standard InChI is InChI=1S/C15H9F7N2O3S/c16-14(17,18)8-5-9(15(19,20)21)7-11(6-8)24-13(25)23-10-1-3-12(4-2-10)28(22,26)27/h1-7H,(H2,23,24,25). The molecule has 0 saturated heterocycles. The maximum absolute atomic E-state index is 12.8. The zero-order valence-corrected chi connectivity index (χ0v) is 14.1. The van der Waals surface area contributed by atoms with Gasteiger partial charge in [-0.05, 0) is 42.5 Å². The molecule has 0 aliphatic rings. The van der Waals surface area contributed by atoms with Crippen LogP contribution in [-0.4, -0.2) is 14.4 Å². The molecule has 0 atom stereocenters. The van der Waals surface area contributed by atoms with Gasteiger partial charge in [-0.1, -0.05) is 0 Å². The maximum atomic E-state index is 12.8. The molecule has 152 valence electrons. The Morgan fingerprint density at radius 2 is 1.18 bits per heavy atom. The molecule has 2 amide bonds. The van der Waals surface area contributed by atoms with Crippen LogP contribution in [0.15, 0.2) is 47.4 Å². The monoisotopic (exact) mass is 430 g/mol. The summed E-state index contributed by atoms with van der Waals surface area (Å²) >= 11 is 0. The number of hydrogen-bond donors (Lipinski definition) is 2. The van der Waals surface area contributed by atoms with Gasteiger partial charge in [0, 0.05) is 11.4 Å². The predicted molar refractivity (Wildman–Crippen MR) is 83.8 cm³/mol. The third kappa shape index (κ3) is 5.58. The van der Waals surface area contributed by atoms with Crippen LogP contribution in [0.25, 0.3) is 0 Å². The fraction of sp³-hybridized carbons (Fsp3) is 0.133. The van der Waals surface area contributed by atoms with Gasteiger partial charge in [0.15, 0.2) is 0 Å². The molecule has 0 unspecified atom stereocenters. The van der Waals surface area contributed by atoms with Crippen molar-refractivity contribution in [3.8, 4) is 0 Å². The second kappa shape index (κ2) is 7.30. The van der Waals surface area contributed by atoms with Gasteiger partial charge in [0.2, 0.25) is 0 Å². The maximum Gasteiger partial charge on any atom is 0.416 e. The van der Waals surface area contributed by atoms with E-state index in [1.54, 1.807) is 0 Å². The Balaban J connectivity index is 2.23. The second-order valence-electron chi connectivity index (χ2n) is 5.34. The van der Waals surface area contributed by atoms with Gasteiger partial charge >= 0.3 is 28.6 Å². The van der Waals surface area contributed by atoms with E-state index in [2.05, 4.69) is 5.32 Å². The highest BCUT2D eigenvalue weighted by Gasteiger charge is 2.37. The lowest BCUT2D eigenvalue weighted by Gasteiger charge is -2.15. The molecule has 0 heterocycles. The van der Waals surface area contributed by atoms with Gasteiger partial charge in [-0.2, -0.15) is 34.8 Å². The Labute approximate surface area is 153 Å². The summed E-state index contributed by atoms with van der Waals surface area (Å²) in [6, 6.07) is 2.87. The first kappa shape index (κ1) is 21.5. The quantitative estimate of drug-likeness (QED) is 0.530. The Bertz CT molecular complexity index is 952. The Kier molecular flexibility index (Phi) is 5.59. The number of benzene rings is 2. The van der Waals surface area contributed by atoms with E-state index in [1.807, 2.05) is 5.32 Å². The molecule has 0 radical (unpaired) electrons. The van der Waals surface area contributed by atoms with Gasteiger partial charge in [0.25, 0.3) is 0 Å². The van der Waals surface area contributed by atoms with Crippen molar-refractivity contribution in [3.63, 3.8) is 0 Å². The number of alkyl halides is 6. The number of nitrogens with one attached hydrogen (secondary N) is 2. The van der Waals surface area contributed by atoms with E-state index >= 15 is 0 Å². The molecule has 2 aromatic rings. The Morgan fingerprint density at radius 3 is 1.57 bits per heavy atom. The summed E-state index contributed by atoms with van der Waals surface area (Å²) in [5, 5.41) is 3.87. The van der Waals surface area contributed by atoms with Gasteiger partial charge in [-0.25, -0.2) is 4.79 Å². The molecule has 2 aromatic carbocycles. The van der Waals surface area contributed by atoms with Gasteiger partial charge in [0.1, 0.15) is 0 Å². The van der Waals surface area contributed by atoms with E-state index in [0.29, 0.717) is 12.1 Å². The average molecular weight is 430 g/mol. The molecule has 28 heavy (non-hydrogen) atoms. The average Bonchev–Trinajstić information content (AvgIpc) is 2.52. The lowest BCUT2D eigenvalue weighted by atomic mass is 10.1. The lowest BCUT2D eigenvalue weighted by Crippen LogP contribution is -2.20. The Morgan fingerprint density at radius 1 is 0.750 bits per heavy atom. The van der Waals surface area contributed by atoms with Crippen LogP contribution in [0.2, 0.25) is 0 Å². The molecule has 13 heteroatoms. The molecule has 2 N–H and O–H groups in total. The van der Waals surface area contributed by atoms with Crippen molar-refractivity contribution >= 4 is 27.6 Å². The molecule has 2 rings (SSSR count). The van der Waals surface area contributed by atoms with E-state index in [9.17, 15) is 43.4 Å². The minimum Gasteiger partial charge on any atom is -0.308 e. The van der Waals surface area contributed by atoms with E-state index in [4.69, 9.17) is 0 Å². The van der Waals surface area contributed by atoms with Crippen molar-refractivity contribution in [1.82, 2.24) is 0 Å². The third-order valence-electron chi connectivity index (χ3n) is 3.24. The zero-order chi connectivity index (χ0) is 21.3. The van der Waals surface area contributed by atoms with E-state index in [1.165, 1.54) is 0 Å². The summed E-state index contributed by atoms with van der Waals surface area (Å²) in [4.78, 5) is 11.1. The molecule has 0 bridgehead atoms. The molecule has 0 aromatic heterocycles. The summed E-state index contributed by atoms with van der Waals surface area (Å²) < 4.78 is 111. The first-order valence-corrected chi connectivity index (χ1v) is 8.47. The van der Waals surface area contributed by atoms with Crippen LogP contribution in [0.5, 0.6) is 0 Å². The minimum absolute atomic E-state index is 0.0899. The summed E-state index contributed by atoms with van der Waals surface area (Å²) in [5.41, 5.74) is -4.10. The van der Waals surface area contributed by atoms with Crippen LogP contribution in [0.1, 0.15) is 11.1 Å². The van der Waals surface area contributed by atoms with Gasteiger partial charge < -0.3 is 10.6 Å². The molecule has 5 nitrogen and oxygen atoms in total. The van der Waals surface area contributed by atoms with E-state index in [0.717, 1.165) is 24.3 Å². The largest absolute Gasteiger partial charge is 0.416 e. The Hall–Kier alpha value is -2.83. The first-order valence-electron chi connectivity index (χ1n) is 7.08. The number of hydrogen-bond acceptors (Lipinski definition) is 3. The van der Waals surface area contributed by atoms with Crippen LogP contribution in [0.3, 0.4) is 0 Å². The third-order valence-corrected chi connectivity index (χ3v) is 4.07. The molecule has 0 spiro atoms. The van der Waals surface area contributed by atoms with Crippen LogP contribution in [0, 0.1) is 0 Å².